The molecule has 0 atom stereocenters. The second kappa shape index (κ2) is 9.98. The lowest BCUT2D eigenvalue weighted by molar-refractivity contribution is 0.0913. The highest BCUT2D eigenvalue weighted by atomic mass is 32.2. The van der Waals surface area contributed by atoms with Crippen LogP contribution in [0.3, 0.4) is 0 Å². The number of rotatable bonds is 11. The van der Waals surface area contributed by atoms with E-state index in [0.717, 1.165) is 0 Å². The van der Waals surface area contributed by atoms with Crippen molar-refractivity contribution >= 4 is 10.0 Å². The van der Waals surface area contributed by atoms with Gasteiger partial charge in [-0.05, 0) is 12.8 Å². The molecule has 6 nitrogen and oxygen atoms in total. The summed E-state index contributed by atoms with van der Waals surface area (Å²) >= 11 is 0. The van der Waals surface area contributed by atoms with Crippen LogP contribution in [0.15, 0.2) is 0 Å². The molecule has 0 aliphatic carbocycles. The van der Waals surface area contributed by atoms with Crippen LogP contribution in [0, 0.1) is 0 Å². The van der Waals surface area contributed by atoms with Gasteiger partial charge in [0.2, 0.25) is 10.0 Å². The minimum absolute atomic E-state index is 0.0112. The van der Waals surface area contributed by atoms with Gasteiger partial charge in [0.15, 0.2) is 0 Å². The average Bonchev–Trinajstić information content (AvgIpc) is 2.23. The van der Waals surface area contributed by atoms with Crippen LogP contribution < -0.4 is 4.72 Å². The highest BCUT2D eigenvalue weighted by Gasteiger charge is 2.08. The van der Waals surface area contributed by atoms with E-state index in [2.05, 4.69) is 4.72 Å². The van der Waals surface area contributed by atoms with Gasteiger partial charge in [-0.1, -0.05) is 0 Å². The number of aliphatic hydroxyl groups excluding tert-OH is 1. The molecule has 98 valence electrons. The standard InChI is InChI=1S/C9H21NO5S/c1-14-6-3-9-16(12,13)10-4-2-7-15-8-5-11/h10-11H,2-9H2,1H3. The molecule has 0 fully saturated rings. The Morgan fingerprint density at radius 3 is 2.56 bits per heavy atom. The molecule has 0 rings (SSSR count). The van der Waals surface area contributed by atoms with Crippen molar-refractivity contribution in [3.63, 3.8) is 0 Å². The van der Waals surface area contributed by atoms with Gasteiger partial charge in [0.1, 0.15) is 0 Å². The van der Waals surface area contributed by atoms with Crippen LogP contribution in [-0.4, -0.2) is 59.4 Å². The summed E-state index contributed by atoms with van der Waals surface area (Å²) in [5.74, 6) is 0.0817. The van der Waals surface area contributed by atoms with Gasteiger partial charge in [0.25, 0.3) is 0 Å². The van der Waals surface area contributed by atoms with E-state index in [1.807, 2.05) is 0 Å². The summed E-state index contributed by atoms with van der Waals surface area (Å²) in [6.45, 7) is 1.53. The maximum Gasteiger partial charge on any atom is 0.211 e. The molecule has 0 spiro atoms. The first-order chi connectivity index (χ1) is 7.62. The first-order valence-corrected chi connectivity index (χ1v) is 6.92. The summed E-state index contributed by atoms with van der Waals surface area (Å²) in [7, 11) is -1.64. The van der Waals surface area contributed by atoms with Crippen molar-refractivity contribution in [3.05, 3.63) is 0 Å². The Kier molecular flexibility index (Phi) is 9.85. The van der Waals surface area contributed by atoms with Crippen LogP contribution in [-0.2, 0) is 19.5 Å². The summed E-state index contributed by atoms with van der Waals surface area (Å²) in [6.07, 6.45) is 1.09. The number of ether oxygens (including phenoxy) is 2. The lowest BCUT2D eigenvalue weighted by Gasteiger charge is -2.06. The molecule has 0 aromatic carbocycles. The summed E-state index contributed by atoms with van der Waals surface area (Å²) in [4.78, 5) is 0. The first kappa shape index (κ1) is 15.8. The van der Waals surface area contributed by atoms with E-state index >= 15 is 0 Å². The minimum Gasteiger partial charge on any atom is -0.394 e. The van der Waals surface area contributed by atoms with Crippen LogP contribution in [0.4, 0.5) is 0 Å². The minimum atomic E-state index is -3.18. The number of aliphatic hydroxyl groups is 1. The highest BCUT2D eigenvalue weighted by molar-refractivity contribution is 7.89. The average molecular weight is 255 g/mol. The molecule has 0 bridgehead atoms. The molecule has 0 aromatic heterocycles. The van der Waals surface area contributed by atoms with E-state index in [1.54, 1.807) is 7.11 Å². The molecule has 0 amide bonds. The summed E-state index contributed by atoms with van der Waals surface area (Å²) in [5.41, 5.74) is 0. The third kappa shape index (κ3) is 10.3. The molecule has 0 radical (unpaired) electrons. The third-order valence-corrected chi connectivity index (χ3v) is 3.25. The molecule has 16 heavy (non-hydrogen) atoms. The van der Waals surface area contributed by atoms with E-state index < -0.39 is 10.0 Å². The van der Waals surface area contributed by atoms with Crippen molar-refractivity contribution in [2.75, 3.05) is 45.8 Å². The van der Waals surface area contributed by atoms with E-state index in [-0.39, 0.29) is 12.4 Å². The Balaban J connectivity index is 3.43. The van der Waals surface area contributed by atoms with Crippen molar-refractivity contribution in [2.24, 2.45) is 0 Å². The molecular weight excluding hydrogens is 234 g/mol. The van der Waals surface area contributed by atoms with Gasteiger partial charge in [-0.3, -0.25) is 0 Å². The van der Waals surface area contributed by atoms with E-state index in [9.17, 15) is 8.42 Å². The maximum atomic E-state index is 11.3. The second-order valence-corrected chi connectivity index (χ2v) is 5.18. The van der Waals surface area contributed by atoms with Gasteiger partial charge < -0.3 is 14.6 Å². The number of hydrogen-bond donors (Lipinski definition) is 2. The quantitative estimate of drug-likeness (QED) is 0.479. The molecule has 2 N–H and O–H groups in total. The van der Waals surface area contributed by atoms with Gasteiger partial charge in [-0.15, -0.1) is 0 Å². The molecule has 0 aromatic rings. The van der Waals surface area contributed by atoms with Crippen LogP contribution in [0.5, 0.6) is 0 Å². The predicted molar refractivity (Wildman–Crippen MR) is 60.8 cm³/mol. The van der Waals surface area contributed by atoms with Gasteiger partial charge in [-0.2, -0.15) is 0 Å². The molecule has 0 aliphatic rings. The molecule has 0 unspecified atom stereocenters. The van der Waals surface area contributed by atoms with Crippen molar-refractivity contribution in [3.8, 4) is 0 Å². The smallest absolute Gasteiger partial charge is 0.211 e. The van der Waals surface area contributed by atoms with Crippen LogP contribution in [0.1, 0.15) is 12.8 Å². The van der Waals surface area contributed by atoms with Crippen molar-refractivity contribution < 1.29 is 23.0 Å². The number of nitrogens with one attached hydrogen (secondary N) is 1. The number of methoxy groups -OCH3 is 1. The Labute approximate surface area is 97.0 Å². The summed E-state index contributed by atoms with van der Waals surface area (Å²) in [5, 5.41) is 8.42. The zero-order valence-electron chi connectivity index (χ0n) is 9.65. The lowest BCUT2D eigenvalue weighted by Crippen LogP contribution is -2.28. The molecule has 0 saturated heterocycles. The maximum absolute atomic E-state index is 11.3. The second-order valence-electron chi connectivity index (χ2n) is 3.25. The first-order valence-electron chi connectivity index (χ1n) is 5.27. The zero-order chi connectivity index (χ0) is 12.3. The fraction of sp³-hybridized carbons (Fsp3) is 1.00. The summed E-state index contributed by atoms with van der Waals surface area (Å²) in [6, 6.07) is 0. The third-order valence-electron chi connectivity index (χ3n) is 1.78. The Bertz CT molecular complexity index is 242. The van der Waals surface area contributed by atoms with Gasteiger partial charge in [0.05, 0.1) is 19.0 Å². The fourth-order valence-corrected chi connectivity index (χ4v) is 2.13. The Morgan fingerprint density at radius 1 is 1.19 bits per heavy atom. The topological polar surface area (TPSA) is 84.9 Å². The molecule has 0 heterocycles. The van der Waals surface area contributed by atoms with Gasteiger partial charge >= 0.3 is 0 Å². The zero-order valence-corrected chi connectivity index (χ0v) is 10.5. The normalized spacial score (nSPS) is 11.9. The van der Waals surface area contributed by atoms with Crippen LogP contribution in [0.25, 0.3) is 0 Å². The van der Waals surface area contributed by atoms with Crippen molar-refractivity contribution in [1.82, 2.24) is 4.72 Å². The largest absolute Gasteiger partial charge is 0.394 e. The lowest BCUT2D eigenvalue weighted by atomic mass is 10.5. The Hall–Kier alpha value is -0.210. The van der Waals surface area contributed by atoms with Gasteiger partial charge in [-0.25, -0.2) is 13.1 Å². The van der Waals surface area contributed by atoms with Crippen molar-refractivity contribution in [1.29, 1.82) is 0 Å². The Morgan fingerprint density at radius 2 is 1.94 bits per heavy atom. The molecule has 0 saturated carbocycles. The van der Waals surface area contributed by atoms with Crippen molar-refractivity contribution in [2.45, 2.75) is 12.8 Å². The van der Waals surface area contributed by atoms with E-state index in [1.165, 1.54) is 0 Å². The van der Waals surface area contributed by atoms with E-state index in [4.69, 9.17) is 14.6 Å². The fourth-order valence-electron chi connectivity index (χ4n) is 1.03. The van der Waals surface area contributed by atoms with E-state index in [0.29, 0.717) is 39.2 Å². The SMILES string of the molecule is COCCCS(=O)(=O)NCCCOCCO. The molecule has 7 heteroatoms. The van der Waals surface area contributed by atoms with Gasteiger partial charge in [0, 0.05) is 26.9 Å². The van der Waals surface area contributed by atoms with Crippen LogP contribution >= 0.6 is 0 Å². The number of hydrogen-bond acceptors (Lipinski definition) is 5. The molecule has 0 aliphatic heterocycles. The monoisotopic (exact) mass is 255 g/mol. The number of sulfonamides is 1. The predicted octanol–water partition coefficient (Wildman–Crippen LogP) is -0.659. The highest BCUT2D eigenvalue weighted by Crippen LogP contribution is 1.91. The molecular formula is C9H21NO5S. The van der Waals surface area contributed by atoms with Crippen LogP contribution in [0.2, 0.25) is 0 Å². The summed E-state index contributed by atoms with van der Waals surface area (Å²) < 4.78 is 34.9.